The first-order valence-corrected chi connectivity index (χ1v) is 9.54. The Labute approximate surface area is 166 Å². The summed E-state index contributed by atoms with van der Waals surface area (Å²) in [4.78, 5) is 17.3. The lowest BCUT2D eigenvalue weighted by Gasteiger charge is -2.31. The lowest BCUT2D eigenvalue weighted by molar-refractivity contribution is 0.0717. The highest BCUT2D eigenvalue weighted by atomic mass is 35.5. The highest BCUT2D eigenvalue weighted by Gasteiger charge is 2.26. The fraction of sp³-hybridized carbons (Fsp3) is 0.409. The van der Waals surface area contributed by atoms with Crippen molar-refractivity contribution in [2.24, 2.45) is 0 Å². The summed E-state index contributed by atoms with van der Waals surface area (Å²) in [5.74, 6) is -0.0893. The summed E-state index contributed by atoms with van der Waals surface area (Å²) in [6.07, 6.45) is 3.42. The minimum atomic E-state index is -0.232. The topological polar surface area (TPSA) is 23.6 Å². The fourth-order valence-electron chi connectivity index (χ4n) is 4.15. The van der Waals surface area contributed by atoms with Crippen LogP contribution in [-0.2, 0) is 6.42 Å². The molecule has 1 fully saturated rings. The molecule has 2 aliphatic rings. The Morgan fingerprint density at radius 3 is 2.48 bits per heavy atom. The van der Waals surface area contributed by atoms with E-state index in [4.69, 9.17) is 0 Å². The molecular weight excluding hydrogens is 363 g/mol. The third-order valence-corrected chi connectivity index (χ3v) is 5.80. The quantitative estimate of drug-likeness (QED) is 0.775. The van der Waals surface area contributed by atoms with Crippen molar-refractivity contribution in [2.75, 3.05) is 26.2 Å². The first kappa shape index (κ1) is 19.8. The number of halogens is 2. The van der Waals surface area contributed by atoms with Crippen LogP contribution in [0.4, 0.5) is 4.39 Å². The predicted octanol–water partition coefficient (Wildman–Crippen LogP) is 4.40. The second-order valence-corrected chi connectivity index (χ2v) is 7.45. The van der Waals surface area contributed by atoms with Crippen LogP contribution in [0.15, 0.2) is 42.5 Å². The van der Waals surface area contributed by atoms with Gasteiger partial charge in [0.15, 0.2) is 0 Å². The molecule has 0 radical (unpaired) electrons. The molecular formula is C22H26ClFN2O. The maximum Gasteiger partial charge on any atom is 0.254 e. The molecule has 0 N–H and O–H groups in total. The predicted molar refractivity (Wildman–Crippen MR) is 109 cm³/mol. The van der Waals surface area contributed by atoms with Crippen LogP contribution >= 0.6 is 12.4 Å². The minimum absolute atomic E-state index is 0. The van der Waals surface area contributed by atoms with Gasteiger partial charge in [0.1, 0.15) is 5.82 Å². The molecule has 2 aromatic rings. The summed E-state index contributed by atoms with van der Waals surface area (Å²) in [7, 11) is 0. The van der Waals surface area contributed by atoms with Crippen molar-refractivity contribution in [3.63, 3.8) is 0 Å². The summed E-state index contributed by atoms with van der Waals surface area (Å²) in [6, 6.07) is 13.1. The third-order valence-electron chi connectivity index (χ3n) is 5.80. The van der Waals surface area contributed by atoms with Gasteiger partial charge in [-0.25, -0.2) is 4.39 Å². The van der Waals surface area contributed by atoms with Crippen molar-refractivity contribution < 1.29 is 9.18 Å². The Morgan fingerprint density at radius 2 is 1.78 bits per heavy atom. The van der Waals surface area contributed by atoms with E-state index in [1.807, 2.05) is 17.0 Å². The first-order chi connectivity index (χ1) is 12.6. The number of carbonyl (C=O) groups excluding carboxylic acids is 1. The zero-order valence-corrected chi connectivity index (χ0v) is 16.5. The number of fused-ring (bicyclic) bond motifs is 1. The van der Waals surface area contributed by atoms with Crippen LogP contribution in [-0.4, -0.2) is 47.9 Å². The Bertz CT molecular complexity index is 808. The van der Waals surface area contributed by atoms with Gasteiger partial charge in [-0.2, -0.15) is 0 Å². The minimum Gasteiger partial charge on any atom is -0.337 e. The number of amides is 1. The average Bonchev–Trinajstić information content (AvgIpc) is 3.06. The van der Waals surface area contributed by atoms with Crippen LogP contribution in [0.5, 0.6) is 0 Å². The molecule has 0 unspecified atom stereocenters. The zero-order chi connectivity index (χ0) is 18.1. The molecule has 5 heteroatoms. The van der Waals surface area contributed by atoms with Gasteiger partial charge in [0.25, 0.3) is 5.91 Å². The molecule has 144 valence electrons. The molecule has 0 spiro atoms. The lowest BCUT2D eigenvalue weighted by Crippen LogP contribution is -2.43. The molecule has 2 heterocycles. The average molecular weight is 389 g/mol. The summed E-state index contributed by atoms with van der Waals surface area (Å²) in [6.45, 7) is 5.98. The number of rotatable bonds is 4. The molecule has 1 saturated heterocycles. The molecule has 0 saturated carbocycles. The molecule has 3 nitrogen and oxygen atoms in total. The smallest absolute Gasteiger partial charge is 0.254 e. The van der Waals surface area contributed by atoms with Gasteiger partial charge in [-0.1, -0.05) is 24.3 Å². The second-order valence-electron chi connectivity index (χ2n) is 7.45. The van der Waals surface area contributed by atoms with E-state index in [9.17, 15) is 9.18 Å². The maximum atomic E-state index is 13.1. The van der Waals surface area contributed by atoms with Crippen molar-refractivity contribution in [2.45, 2.75) is 32.2 Å². The van der Waals surface area contributed by atoms with Gasteiger partial charge in [-0.15, -0.1) is 12.4 Å². The molecule has 0 bridgehead atoms. The highest BCUT2D eigenvalue weighted by Crippen LogP contribution is 2.27. The molecule has 0 aromatic heterocycles. The monoisotopic (exact) mass is 388 g/mol. The Balaban J connectivity index is 0.00000210. The highest BCUT2D eigenvalue weighted by molar-refractivity contribution is 5.97. The van der Waals surface area contributed by atoms with E-state index in [0.717, 1.165) is 54.9 Å². The number of carbonyl (C=O) groups is 1. The van der Waals surface area contributed by atoms with Crippen molar-refractivity contribution in [1.82, 2.24) is 9.80 Å². The molecule has 1 amide bonds. The molecule has 27 heavy (non-hydrogen) atoms. The van der Waals surface area contributed by atoms with E-state index in [1.54, 1.807) is 12.1 Å². The van der Waals surface area contributed by atoms with Crippen molar-refractivity contribution in [3.05, 3.63) is 59.4 Å². The normalized spacial score (nSPS) is 19.7. The first-order valence-electron chi connectivity index (χ1n) is 9.54. The van der Waals surface area contributed by atoms with Crippen LogP contribution in [0.25, 0.3) is 11.1 Å². The second kappa shape index (κ2) is 8.41. The molecule has 2 aromatic carbocycles. The number of benzene rings is 2. The van der Waals surface area contributed by atoms with Gasteiger partial charge in [-0.05, 0) is 67.6 Å². The maximum absolute atomic E-state index is 13.1. The van der Waals surface area contributed by atoms with E-state index >= 15 is 0 Å². The number of likely N-dealkylation sites (tertiary alicyclic amines) is 1. The summed E-state index contributed by atoms with van der Waals surface area (Å²) in [5.41, 5.74) is 3.93. The largest absolute Gasteiger partial charge is 0.337 e. The summed E-state index contributed by atoms with van der Waals surface area (Å²) >= 11 is 0. The Kier molecular flexibility index (Phi) is 6.18. The number of nitrogens with zero attached hydrogens (tertiary/aromatic N) is 2. The lowest BCUT2D eigenvalue weighted by atomic mass is 9.94. The van der Waals surface area contributed by atoms with Gasteiger partial charge < -0.3 is 4.90 Å². The summed E-state index contributed by atoms with van der Waals surface area (Å²) < 4.78 is 13.1. The van der Waals surface area contributed by atoms with E-state index in [0.29, 0.717) is 6.04 Å². The van der Waals surface area contributed by atoms with Gasteiger partial charge in [0, 0.05) is 31.2 Å². The Morgan fingerprint density at radius 1 is 1.04 bits per heavy atom. The molecule has 0 aliphatic carbocycles. The number of hydrogen-bond donors (Lipinski definition) is 0. The standard InChI is InChI=1S/C22H25FN2O.ClH/c1-16-3-2-11-24(16)13-14-25-12-10-19-15-18(6-9-21(19)22(25)26)17-4-7-20(23)8-5-17;/h4-9,15-16H,2-3,10-14H2,1H3;1H/t16-;/m0./s1. The van der Waals surface area contributed by atoms with E-state index in [-0.39, 0.29) is 24.1 Å². The van der Waals surface area contributed by atoms with Crippen molar-refractivity contribution in [3.8, 4) is 11.1 Å². The van der Waals surface area contributed by atoms with Gasteiger partial charge in [0.2, 0.25) is 0 Å². The van der Waals surface area contributed by atoms with Gasteiger partial charge >= 0.3 is 0 Å². The van der Waals surface area contributed by atoms with Crippen LogP contribution in [0.1, 0.15) is 35.7 Å². The molecule has 4 rings (SSSR count). The van der Waals surface area contributed by atoms with Crippen LogP contribution in [0.2, 0.25) is 0 Å². The van der Waals surface area contributed by atoms with Crippen LogP contribution in [0.3, 0.4) is 0 Å². The van der Waals surface area contributed by atoms with Crippen molar-refractivity contribution in [1.29, 1.82) is 0 Å². The van der Waals surface area contributed by atoms with E-state index < -0.39 is 0 Å². The zero-order valence-electron chi connectivity index (χ0n) is 15.7. The van der Waals surface area contributed by atoms with Gasteiger partial charge in [-0.3, -0.25) is 9.69 Å². The van der Waals surface area contributed by atoms with Crippen molar-refractivity contribution >= 4 is 18.3 Å². The molecule has 1 atom stereocenters. The van der Waals surface area contributed by atoms with E-state index in [1.165, 1.54) is 25.0 Å². The fourth-order valence-corrected chi connectivity index (χ4v) is 4.15. The SMILES string of the molecule is C[C@H]1CCCN1CCN1CCc2cc(-c3ccc(F)cc3)ccc2C1=O.Cl. The van der Waals surface area contributed by atoms with Crippen LogP contribution in [0, 0.1) is 5.82 Å². The third kappa shape index (κ3) is 4.17. The molecule has 2 aliphatic heterocycles. The summed E-state index contributed by atoms with van der Waals surface area (Å²) in [5, 5.41) is 0. The van der Waals surface area contributed by atoms with Crippen LogP contribution < -0.4 is 0 Å². The Hall–Kier alpha value is -1.91. The van der Waals surface area contributed by atoms with Gasteiger partial charge in [0.05, 0.1) is 0 Å². The number of hydrogen-bond acceptors (Lipinski definition) is 2. The van der Waals surface area contributed by atoms with E-state index in [2.05, 4.69) is 17.9 Å².